The lowest BCUT2D eigenvalue weighted by atomic mass is 9.82. The maximum absolute atomic E-state index is 4.76. The molecule has 0 radical (unpaired) electrons. The van der Waals surface area contributed by atoms with Gasteiger partial charge in [0, 0.05) is 18.5 Å². The Hall–Kier alpha value is -1.35. The van der Waals surface area contributed by atoms with Crippen LogP contribution in [-0.2, 0) is 13.1 Å². The Morgan fingerprint density at radius 3 is 2.95 bits per heavy atom. The molecule has 1 aliphatic rings. The first kappa shape index (κ1) is 14.6. The molecule has 0 bridgehead atoms. The molecule has 1 heterocycles. The van der Waals surface area contributed by atoms with E-state index in [2.05, 4.69) is 48.1 Å². The van der Waals surface area contributed by atoms with Gasteiger partial charge in [-0.05, 0) is 44.2 Å². The molecule has 2 unspecified atom stereocenters. The number of hydrogen-bond acceptors (Lipinski definition) is 2. The summed E-state index contributed by atoms with van der Waals surface area (Å²) in [7, 11) is 0. The number of benzene rings is 1. The van der Waals surface area contributed by atoms with Crippen molar-refractivity contribution in [1.82, 2.24) is 15.1 Å². The van der Waals surface area contributed by atoms with Crippen molar-refractivity contribution in [3.63, 3.8) is 0 Å². The van der Waals surface area contributed by atoms with Crippen molar-refractivity contribution < 1.29 is 0 Å². The van der Waals surface area contributed by atoms with Gasteiger partial charge in [-0.1, -0.05) is 38.0 Å². The lowest BCUT2D eigenvalue weighted by Crippen LogP contribution is -2.26. The van der Waals surface area contributed by atoms with Crippen LogP contribution in [0.3, 0.4) is 0 Å². The molecule has 2 atom stereocenters. The molecule has 1 aliphatic carbocycles. The number of para-hydroxylation sites is 1. The van der Waals surface area contributed by atoms with Crippen molar-refractivity contribution in [3.8, 4) is 0 Å². The lowest BCUT2D eigenvalue weighted by molar-refractivity contribution is 0.274. The van der Waals surface area contributed by atoms with Gasteiger partial charge in [-0.2, -0.15) is 5.10 Å². The molecule has 0 saturated heterocycles. The van der Waals surface area contributed by atoms with Crippen LogP contribution in [0.15, 0.2) is 24.3 Å². The van der Waals surface area contributed by atoms with Crippen LogP contribution in [0.1, 0.15) is 45.2 Å². The number of nitrogens with one attached hydrogen (secondary N) is 1. The Morgan fingerprint density at radius 2 is 2.14 bits per heavy atom. The smallest absolute Gasteiger partial charge is 0.0841 e. The fourth-order valence-electron chi connectivity index (χ4n) is 3.71. The minimum atomic E-state index is 0.855. The van der Waals surface area contributed by atoms with Crippen molar-refractivity contribution in [2.24, 2.45) is 11.8 Å². The van der Waals surface area contributed by atoms with Gasteiger partial charge in [0.05, 0.1) is 11.2 Å². The zero-order valence-electron chi connectivity index (χ0n) is 13.3. The summed E-state index contributed by atoms with van der Waals surface area (Å²) in [6.07, 6.45) is 5.60. The van der Waals surface area contributed by atoms with Crippen LogP contribution in [0.5, 0.6) is 0 Å². The highest BCUT2D eigenvalue weighted by Gasteiger charge is 2.18. The summed E-state index contributed by atoms with van der Waals surface area (Å²) in [5, 5.41) is 9.70. The van der Waals surface area contributed by atoms with Crippen molar-refractivity contribution >= 4 is 10.9 Å². The van der Waals surface area contributed by atoms with Crippen LogP contribution in [0.25, 0.3) is 10.9 Å². The average Bonchev–Trinajstić information content (AvgIpc) is 2.86. The van der Waals surface area contributed by atoms with Gasteiger partial charge in [0.25, 0.3) is 0 Å². The van der Waals surface area contributed by atoms with E-state index in [-0.39, 0.29) is 0 Å². The summed E-state index contributed by atoms with van der Waals surface area (Å²) in [6.45, 7) is 7.50. The van der Waals surface area contributed by atoms with Crippen LogP contribution in [0.4, 0.5) is 0 Å². The molecule has 0 amide bonds. The predicted octanol–water partition coefficient (Wildman–Crippen LogP) is 3.97. The third kappa shape index (κ3) is 3.29. The summed E-state index contributed by atoms with van der Waals surface area (Å²) in [5.41, 5.74) is 2.44. The molecule has 2 aromatic rings. The number of aromatic nitrogens is 2. The van der Waals surface area contributed by atoms with Crippen molar-refractivity contribution in [2.75, 3.05) is 6.54 Å². The van der Waals surface area contributed by atoms with Crippen LogP contribution in [-0.4, -0.2) is 16.3 Å². The van der Waals surface area contributed by atoms with E-state index in [1.54, 1.807) is 0 Å². The van der Waals surface area contributed by atoms with Crippen LogP contribution in [0.2, 0.25) is 0 Å². The molecule has 3 heteroatoms. The lowest BCUT2D eigenvalue weighted by Gasteiger charge is -2.26. The summed E-state index contributed by atoms with van der Waals surface area (Å²) in [6, 6.07) is 8.56. The highest BCUT2D eigenvalue weighted by atomic mass is 15.3. The van der Waals surface area contributed by atoms with E-state index in [4.69, 9.17) is 5.10 Å². The van der Waals surface area contributed by atoms with Gasteiger partial charge in [0.15, 0.2) is 0 Å². The van der Waals surface area contributed by atoms with Gasteiger partial charge < -0.3 is 5.32 Å². The van der Waals surface area contributed by atoms with E-state index in [1.165, 1.54) is 42.3 Å². The third-order valence-electron chi connectivity index (χ3n) is 4.80. The van der Waals surface area contributed by atoms with Crippen molar-refractivity contribution in [2.45, 2.75) is 52.6 Å². The zero-order valence-corrected chi connectivity index (χ0v) is 13.3. The molecule has 114 valence electrons. The topological polar surface area (TPSA) is 29.9 Å². The highest BCUT2D eigenvalue weighted by molar-refractivity contribution is 5.81. The Morgan fingerprint density at radius 1 is 1.29 bits per heavy atom. The molecular weight excluding hydrogens is 258 g/mol. The van der Waals surface area contributed by atoms with E-state index in [0.29, 0.717) is 0 Å². The van der Waals surface area contributed by atoms with Gasteiger partial charge >= 0.3 is 0 Å². The van der Waals surface area contributed by atoms with Crippen LogP contribution in [0, 0.1) is 11.8 Å². The SMILES string of the molecule is CCn1nc(CNCC2CCCC(C)C2)c2ccccc21. The molecule has 3 nitrogen and oxygen atoms in total. The summed E-state index contributed by atoms with van der Waals surface area (Å²) < 4.78 is 2.11. The van der Waals surface area contributed by atoms with E-state index >= 15 is 0 Å². The minimum absolute atomic E-state index is 0.855. The molecule has 1 saturated carbocycles. The number of hydrogen-bond donors (Lipinski definition) is 1. The maximum Gasteiger partial charge on any atom is 0.0841 e. The molecule has 1 fully saturated rings. The highest BCUT2D eigenvalue weighted by Crippen LogP contribution is 2.28. The van der Waals surface area contributed by atoms with Crippen LogP contribution < -0.4 is 5.32 Å². The predicted molar refractivity (Wildman–Crippen MR) is 88.2 cm³/mol. The largest absolute Gasteiger partial charge is 0.311 e. The van der Waals surface area contributed by atoms with E-state index < -0.39 is 0 Å². The quantitative estimate of drug-likeness (QED) is 0.900. The first-order valence-corrected chi connectivity index (χ1v) is 8.43. The third-order valence-corrected chi connectivity index (χ3v) is 4.80. The molecule has 1 aromatic carbocycles. The van der Waals surface area contributed by atoms with Gasteiger partial charge in [0.2, 0.25) is 0 Å². The first-order chi connectivity index (χ1) is 10.3. The normalized spacial score (nSPS) is 22.8. The van der Waals surface area contributed by atoms with Crippen molar-refractivity contribution in [1.29, 1.82) is 0 Å². The summed E-state index contributed by atoms with van der Waals surface area (Å²) in [5.74, 6) is 1.76. The fraction of sp³-hybridized carbons (Fsp3) is 0.611. The monoisotopic (exact) mass is 285 g/mol. The molecule has 1 aromatic heterocycles. The molecule has 3 rings (SSSR count). The maximum atomic E-state index is 4.76. The van der Waals surface area contributed by atoms with Crippen molar-refractivity contribution in [3.05, 3.63) is 30.0 Å². The van der Waals surface area contributed by atoms with Gasteiger partial charge in [0.1, 0.15) is 0 Å². The summed E-state index contributed by atoms with van der Waals surface area (Å²) >= 11 is 0. The van der Waals surface area contributed by atoms with Gasteiger partial charge in [-0.3, -0.25) is 4.68 Å². The first-order valence-electron chi connectivity index (χ1n) is 8.43. The summed E-state index contributed by atoms with van der Waals surface area (Å²) in [4.78, 5) is 0. The van der Waals surface area contributed by atoms with Crippen LogP contribution >= 0.6 is 0 Å². The average molecular weight is 285 g/mol. The van der Waals surface area contributed by atoms with E-state index in [0.717, 1.165) is 31.5 Å². The zero-order chi connectivity index (χ0) is 14.7. The standard InChI is InChI=1S/C18H27N3/c1-3-21-18-10-5-4-9-16(18)17(20-21)13-19-12-15-8-6-7-14(2)11-15/h4-5,9-10,14-15,19H,3,6-8,11-13H2,1-2H3. The molecule has 0 aliphatic heterocycles. The Bertz CT molecular complexity index is 587. The number of rotatable bonds is 5. The Balaban J connectivity index is 1.63. The second-order valence-electron chi connectivity index (χ2n) is 6.55. The fourth-order valence-corrected chi connectivity index (χ4v) is 3.71. The molecule has 21 heavy (non-hydrogen) atoms. The van der Waals surface area contributed by atoms with E-state index in [9.17, 15) is 0 Å². The molecule has 1 N–H and O–H groups in total. The number of fused-ring (bicyclic) bond motifs is 1. The molecule has 0 spiro atoms. The van der Waals surface area contributed by atoms with E-state index in [1.807, 2.05) is 0 Å². The number of nitrogens with zero attached hydrogens (tertiary/aromatic N) is 2. The minimum Gasteiger partial charge on any atom is -0.311 e. The van der Waals surface area contributed by atoms with Gasteiger partial charge in [-0.25, -0.2) is 0 Å². The second kappa shape index (κ2) is 6.61. The van der Waals surface area contributed by atoms with Gasteiger partial charge in [-0.15, -0.1) is 0 Å². The number of aryl methyl sites for hydroxylation is 1. The molecular formula is C18H27N3. The second-order valence-corrected chi connectivity index (χ2v) is 6.55. The Labute approximate surface area is 127 Å². The Kier molecular flexibility index (Phi) is 4.59.